The summed E-state index contributed by atoms with van der Waals surface area (Å²) in [6, 6.07) is 2.56. The molecule has 0 aromatic carbocycles. The van der Waals surface area contributed by atoms with Crippen molar-refractivity contribution in [1.82, 2.24) is 15.1 Å². The van der Waals surface area contributed by atoms with E-state index in [1.54, 1.807) is 0 Å². The van der Waals surface area contributed by atoms with Gasteiger partial charge in [0.2, 0.25) is 0 Å². The third-order valence-corrected chi connectivity index (χ3v) is 3.21. The smallest absolute Gasteiger partial charge is 0.0762 e. The summed E-state index contributed by atoms with van der Waals surface area (Å²) < 4.78 is 2.02. The first-order valence-corrected chi connectivity index (χ1v) is 7.48. The molecule has 0 unspecified atom stereocenters. The van der Waals surface area contributed by atoms with Crippen LogP contribution in [0.15, 0.2) is 12.3 Å². The Hall–Kier alpha value is -0.830. The second kappa shape index (κ2) is 9.15. The number of nitrogens with one attached hydrogen (secondary N) is 1. The molecule has 0 atom stereocenters. The maximum atomic E-state index is 4.52. The predicted octanol–water partition coefficient (Wildman–Crippen LogP) is 3.91. The Balaban J connectivity index is 2.00. The summed E-state index contributed by atoms with van der Waals surface area (Å²) in [6.45, 7) is 8.58. The van der Waals surface area contributed by atoms with Gasteiger partial charge in [-0.05, 0) is 32.9 Å². The van der Waals surface area contributed by atoms with Crippen LogP contribution in [0.3, 0.4) is 0 Å². The van der Waals surface area contributed by atoms with Gasteiger partial charge in [0, 0.05) is 18.8 Å². The first-order valence-electron chi connectivity index (χ1n) is 7.48. The zero-order chi connectivity index (χ0) is 13.2. The zero-order valence-electron chi connectivity index (χ0n) is 12.3. The largest absolute Gasteiger partial charge is 0.311 e. The highest BCUT2D eigenvalue weighted by atomic mass is 15.3. The molecule has 0 aliphatic heterocycles. The molecule has 0 bridgehead atoms. The van der Waals surface area contributed by atoms with Gasteiger partial charge in [0.25, 0.3) is 0 Å². The van der Waals surface area contributed by atoms with E-state index in [4.69, 9.17) is 0 Å². The molecule has 1 heterocycles. The zero-order valence-corrected chi connectivity index (χ0v) is 12.3. The minimum absolute atomic E-state index is 0.456. The fourth-order valence-electron chi connectivity index (χ4n) is 2.01. The normalized spacial score (nSPS) is 11.3. The van der Waals surface area contributed by atoms with E-state index in [0.717, 1.165) is 18.8 Å². The first-order chi connectivity index (χ1) is 8.74. The van der Waals surface area contributed by atoms with Crippen molar-refractivity contribution in [2.45, 2.75) is 71.9 Å². The molecule has 1 N–H and O–H groups in total. The summed E-state index contributed by atoms with van der Waals surface area (Å²) in [7, 11) is 0. The van der Waals surface area contributed by atoms with Crippen molar-refractivity contribution in [3.05, 3.63) is 18.0 Å². The number of unbranched alkanes of at least 4 members (excludes halogenated alkanes) is 5. The Morgan fingerprint density at radius 1 is 1.17 bits per heavy atom. The van der Waals surface area contributed by atoms with Crippen LogP contribution in [0.5, 0.6) is 0 Å². The Bertz CT molecular complexity index is 304. The van der Waals surface area contributed by atoms with Crippen molar-refractivity contribution in [2.75, 3.05) is 6.54 Å². The van der Waals surface area contributed by atoms with E-state index in [1.165, 1.54) is 38.5 Å². The van der Waals surface area contributed by atoms with Crippen LogP contribution >= 0.6 is 0 Å². The molecule has 0 aliphatic carbocycles. The van der Waals surface area contributed by atoms with Crippen LogP contribution in [0.25, 0.3) is 0 Å². The fraction of sp³-hybridized carbons (Fsp3) is 0.800. The second-order valence-electron chi connectivity index (χ2n) is 5.33. The van der Waals surface area contributed by atoms with E-state index in [-0.39, 0.29) is 0 Å². The molecule has 0 saturated carbocycles. The van der Waals surface area contributed by atoms with E-state index >= 15 is 0 Å². The molecule has 0 radical (unpaired) electrons. The van der Waals surface area contributed by atoms with Crippen LogP contribution in [0.1, 0.15) is 71.0 Å². The molecule has 0 aliphatic rings. The van der Waals surface area contributed by atoms with Crippen LogP contribution in [0, 0.1) is 0 Å². The molecule has 0 spiro atoms. The fourth-order valence-corrected chi connectivity index (χ4v) is 2.01. The van der Waals surface area contributed by atoms with Gasteiger partial charge in [-0.3, -0.25) is 4.68 Å². The van der Waals surface area contributed by atoms with Gasteiger partial charge in [-0.25, -0.2) is 0 Å². The van der Waals surface area contributed by atoms with Gasteiger partial charge in [-0.15, -0.1) is 0 Å². The van der Waals surface area contributed by atoms with Gasteiger partial charge in [0.15, 0.2) is 0 Å². The Morgan fingerprint density at radius 3 is 2.56 bits per heavy atom. The number of nitrogens with zero attached hydrogens (tertiary/aromatic N) is 2. The third-order valence-electron chi connectivity index (χ3n) is 3.21. The summed E-state index contributed by atoms with van der Waals surface area (Å²) in [5.74, 6) is 0. The van der Waals surface area contributed by atoms with Crippen molar-refractivity contribution >= 4 is 0 Å². The molecule has 18 heavy (non-hydrogen) atoms. The average molecular weight is 251 g/mol. The summed E-state index contributed by atoms with van der Waals surface area (Å²) in [5, 5.41) is 7.99. The highest BCUT2D eigenvalue weighted by Crippen LogP contribution is 2.05. The van der Waals surface area contributed by atoms with Gasteiger partial charge in [-0.2, -0.15) is 5.10 Å². The molecule has 104 valence electrons. The highest BCUT2D eigenvalue weighted by molar-refractivity contribution is 4.98. The SMILES string of the molecule is CCCCCCCCNCc1ccn(C(C)C)n1. The number of hydrogen-bond donors (Lipinski definition) is 1. The summed E-state index contributed by atoms with van der Waals surface area (Å²) in [4.78, 5) is 0. The lowest BCUT2D eigenvalue weighted by molar-refractivity contribution is 0.518. The lowest BCUT2D eigenvalue weighted by atomic mass is 10.1. The Morgan fingerprint density at radius 2 is 1.89 bits per heavy atom. The maximum absolute atomic E-state index is 4.52. The molecule has 0 amide bonds. The maximum Gasteiger partial charge on any atom is 0.0762 e. The predicted molar refractivity (Wildman–Crippen MR) is 77.7 cm³/mol. The molecular formula is C15H29N3. The molecule has 1 aromatic heterocycles. The van der Waals surface area contributed by atoms with Crippen molar-refractivity contribution in [2.24, 2.45) is 0 Å². The van der Waals surface area contributed by atoms with Crippen LogP contribution in [-0.2, 0) is 6.54 Å². The number of aromatic nitrogens is 2. The summed E-state index contributed by atoms with van der Waals surface area (Å²) >= 11 is 0. The van der Waals surface area contributed by atoms with Crippen molar-refractivity contribution in [3.63, 3.8) is 0 Å². The second-order valence-corrected chi connectivity index (χ2v) is 5.33. The molecule has 0 fully saturated rings. The lowest BCUT2D eigenvalue weighted by Gasteiger charge is -2.05. The van der Waals surface area contributed by atoms with Gasteiger partial charge < -0.3 is 5.32 Å². The first kappa shape index (κ1) is 15.2. The topological polar surface area (TPSA) is 29.9 Å². The van der Waals surface area contributed by atoms with Crippen LogP contribution < -0.4 is 5.32 Å². The van der Waals surface area contributed by atoms with E-state index in [2.05, 4.69) is 43.4 Å². The monoisotopic (exact) mass is 251 g/mol. The Kier molecular flexibility index (Phi) is 7.74. The Labute approximate surface area is 112 Å². The molecule has 3 nitrogen and oxygen atoms in total. The van der Waals surface area contributed by atoms with Crippen molar-refractivity contribution in [3.8, 4) is 0 Å². The van der Waals surface area contributed by atoms with Gasteiger partial charge >= 0.3 is 0 Å². The quantitative estimate of drug-likeness (QED) is 0.639. The van der Waals surface area contributed by atoms with Crippen molar-refractivity contribution < 1.29 is 0 Å². The highest BCUT2D eigenvalue weighted by Gasteiger charge is 2.01. The average Bonchev–Trinajstić information content (AvgIpc) is 2.81. The molecule has 0 saturated heterocycles. The number of rotatable bonds is 10. The molecule has 1 aromatic rings. The standard InChI is InChI=1S/C15H29N3/c1-4-5-6-7-8-9-11-16-13-15-10-12-18(17-15)14(2)3/h10,12,14,16H,4-9,11,13H2,1-3H3. The van der Waals surface area contributed by atoms with Gasteiger partial charge in [-0.1, -0.05) is 39.0 Å². The molecule has 3 heteroatoms. The van der Waals surface area contributed by atoms with Crippen LogP contribution in [0.2, 0.25) is 0 Å². The lowest BCUT2D eigenvalue weighted by Crippen LogP contribution is -2.15. The molecular weight excluding hydrogens is 222 g/mol. The third kappa shape index (κ3) is 6.20. The summed E-state index contributed by atoms with van der Waals surface area (Å²) in [5.41, 5.74) is 1.15. The molecule has 1 rings (SSSR count). The van der Waals surface area contributed by atoms with Crippen molar-refractivity contribution in [1.29, 1.82) is 0 Å². The minimum Gasteiger partial charge on any atom is -0.311 e. The van der Waals surface area contributed by atoms with E-state index in [1.807, 2.05) is 4.68 Å². The minimum atomic E-state index is 0.456. The van der Waals surface area contributed by atoms with E-state index < -0.39 is 0 Å². The van der Waals surface area contributed by atoms with E-state index in [9.17, 15) is 0 Å². The van der Waals surface area contributed by atoms with E-state index in [0.29, 0.717) is 6.04 Å². The van der Waals surface area contributed by atoms with Crippen LogP contribution in [-0.4, -0.2) is 16.3 Å². The van der Waals surface area contributed by atoms with Crippen LogP contribution in [0.4, 0.5) is 0 Å². The van der Waals surface area contributed by atoms with Gasteiger partial charge in [0.05, 0.1) is 5.69 Å². The summed E-state index contributed by atoms with van der Waals surface area (Å²) in [6.07, 6.45) is 10.2. The number of hydrogen-bond acceptors (Lipinski definition) is 2. The van der Waals surface area contributed by atoms with Gasteiger partial charge in [0.1, 0.15) is 0 Å².